The van der Waals surface area contributed by atoms with Gasteiger partial charge in [0.25, 0.3) is 0 Å². The zero-order chi connectivity index (χ0) is 11.4. The van der Waals surface area contributed by atoms with Gasteiger partial charge in [0.05, 0.1) is 0 Å². The molecule has 0 amide bonds. The van der Waals surface area contributed by atoms with Crippen LogP contribution in [0.25, 0.3) is 0 Å². The third-order valence-electron chi connectivity index (χ3n) is 2.18. The van der Waals surface area contributed by atoms with Crippen molar-refractivity contribution in [2.45, 2.75) is 33.8 Å². The summed E-state index contributed by atoms with van der Waals surface area (Å²) in [5.74, 6) is 0.389. The molecule has 0 N–H and O–H groups in total. The standard InChI is InChI=1S/C11H15N3O/c1-7(2)9(4)15-11-13-8(3)5-10(6-12)14-11/h5,7,9H,1-4H3. The molecule has 80 valence electrons. The number of aromatic nitrogens is 2. The Morgan fingerprint density at radius 3 is 2.53 bits per heavy atom. The van der Waals surface area contributed by atoms with Crippen molar-refractivity contribution >= 4 is 0 Å². The van der Waals surface area contributed by atoms with E-state index in [9.17, 15) is 0 Å². The van der Waals surface area contributed by atoms with Crippen LogP contribution in [0, 0.1) is 24.2 Å². The SMILES string of the molecule is Cc1cc(C#N)nc(OC(C)C(C)C)n1. The fraction of sp³-hybridized carbons (Fsp3) is 0.545. The van der Waals surface area contributed by atoms with Crippen molar-refractivity contribution in [2.75, 3.05) is 0 Å². The van der Waals surface area contributed by atoms with E-state index in [1.807, 2.05) is 19.9 Å². The van der Waals surface area contributed by atoms with Gasteiger partial charge in [0.15, 0.2) is 0 Å². The molecular weight excluding hydrogens is 190 g/mol. The molecule has 4 nitrogen and oxygen atoms in total. The highest BCUT2D eigenvalue weighted by Crippen LogP contribution is 2.12. The van der Waals surface area contributed by atoms with E-state index in [0.29, 0.717) is 11.6 Å². The number of hydrogen-bond donors (Lipinski definition) is 0. The molecule has 0 radical (unpaired) electrons. The van der Waals surface area contributed by atoms with Crippen LogP contribution < -0.4 is 4.74 Å². The molecule has 15 heavy (non-hydrogen) atoms. The van der Waals surface area contributed by atoms with E-state index in [4.69, 9.17) is 10.00 Å². The number of ether oxygens (including phenoxy) is 1. The third kappa shape index (κ3) is 3.21. The lowest BCUT2D eigenvalue weighted by atomic mass is 10.1. The van der Waals surface area contributed by atoms with Crippen molar-refractivity contribution < 1.29 is 4.74 Å². The van der Waals surface area contributed by atoms with Crippen LogP contribution in [-0.2, 0) is 0 Å². The second-order valence-electron chi connectivity index (χ2n) is 3.86. The van der Waals surface area contributed by atoms with Crippen molar-refractivity contribution in [1.29, 1.82) is 5.26 Å². The van der Waals surface area contributed by atoms with E-state index in [1.165, 1.54) is 0 Å². The molecule has 0 aliphatic rings. The van der Waals surface area contributed by atoms with E-state index in [1.54, 1.807) is 6.07 Å². The third-order valence-corrected chi connectivity index (χ3v) is 2.18. The summed E-state index contributed by atoms with van der Waals surface area (Å²) in [6.45, 7) is 7.90. The Kier molecular flexibility index (Phi) is 3.62. The molecule has 0 fully saturated rings. The van der Waals surface area contributed by atoms with Gasteiger partial charge in [0.2, 0.25) is 0 Å². The minimum atomic E-state index is 0.0401. The second kappa shape index (κ2) is 4.74. The summed E-state index contributed by atoms with van der Waals surface area (Å²) in [6, 6.07) is 3.90. The molecule has 0 saturated carbocycles. The largest absolute Gasteiger partial charge is 0.460 e. The molecular formula is C11H15N3O. The number of aryl methyl sites for hydroxylation is 1. The molecule has 1 rings (SSSR count). The normalized spacial score (nSPS) is 12.3. The van der Waals surface area contributed by atoms with Gasteiger partial charge in [-0.25, -0.2) is 4.98 Å². The first-order valence-corrected chi connectivity index (χ1v) is 4.95. The molecule has 1 aromatic rings. The Morgan fingerprint density at radius 1 is 1.33 bits per heavy atom. The van der Waals surface area contributed by atoms with Crippen LogP contribution in [0.3, 0.4) is 0 Å². The maximum absolute atomic E-state index is 8.73. The fourth-order valence-corrected chi connectivity index (χ4v) is 0.954. The molecule has 0 saturated heterocycles. The molecule has 1 atom stereocenters. The molecule has 4 heteroatoms. The van der Waals surface area contributed by atoms with Crippen LogP contribution in [-0.4, -0.2) is 16.1 Å². The summed E-state index contributed by atoms with van der Waals surface area (Å²) in [6.07, 6.45) is 0.0401. The average Bonchev–Trinajstić information content (AvgIpc) is 2.16. The first-order valence-electron chi connectivity index (χ1n) is 4.95. The van der Waals surface area contributed by atoms with Crippen LogP contribution in [0.1, 0.15) is 32.2 Å². The van der Waals surface area contributed by atoms with E-state index in [0.717, 1.165) is 5.69 Å². The predicted molar refractivity (Wildman–Crippen MR) is 56.4 cm³/mol. The van der Waals surface area contributed by atoms with E-state index in [-0.39, 0.29) is 12.1 Å². The summed E-state index contributed by atoms with van der Waals surface area (Å²) in [7, 11) is 0. The molecule has 1 heterocycles. The van der Waals surface area contributed by atoms with Crippen molar-refractivity contribution in [1.82, 2.24) is 9.97 Å². The minimum absolute atomic E-state index is 0.0401. The smallest absolute Gasteiger partial charge is 0.318 e. The average molecular weight is 205 g/mol. The summed E-state index contributed by atoms with van der Waals surface area (Å²) < 4.78 is 5.53. The Bertz CT molecular complexity index is 382. The lowest BCUT2D eigenvalue weighted by molar-refractivity contribution is 0.155. The lowest BCUT2D eigenvalue weighted by Gasteiger charge is -2.16. The van der Waals surface area contributed by atoms with Crippen molar-refractivity contribution in [3.05, 3.63) is 17.5 Å². The second-order valence-corrected chi connectivity index (χ2v) is 3.86. The summed E-state index contributed by atoms with van der Waals surface area (Å²) in [5.41, 5.74) is 1.08. The Labute approximate surface area is 89.9 Å². The van der Waals surface area contributed by atoms with Gasteiger partial charge in [-0.3, -0.25) is 0 Å². The van der Waals surface area contributed by atoms with Gasteiger partial charge < -0.3 is 4.74 Å². The van der Waals surface area contributed by atoms with Crippen LogP contribution >= 0.6 is 0 Å². The fourth-order valence-electron chi connectivity index (χ4n) is 0.954. The zero-order valence-corrected chi connectivity index (χ0v) is 9.48. The van der Waals surface area contributed by atoms with Gasteiger partial charge >= 0.3 is 6.01 Å². The Morgan fingerprint density at radius 2 is 2.00 bits per heavy atom. The van der Waals surface area contributed by atoms with Crippen molar-refractivity contribution in [3.8, 4) is 12.1 Å². The maximum Gasteiger partial charge on any atom is 0.318 e. The number of nitriles is 1. The van der Waals surface area contributed by atoms with E-state index >= 15 is 0 Å². The molecule has 0 aliphatic heterocycles. The van der Waals surface area contributed by atoms with Crippen LogP contribution in [0.5, 0.6) is 6.01 Å². The summed E-state index contributed by atoms with van der Waals surface area (Å²) in [5, 5.41) is 8.73. The highest BCUT2D eigenvalue weighted by Gasteiger charge is 2.11. The number of nitrogens with zero attached hydrogens (tertiary/aromatic N) is 3. The molecule has 0 aliphatic carbocycles. The highest BCUT2D eigenvalue weighted by molar-refractivity contribution is 5.23. The lowest BCUT2D eigenvalue weighted by Crippen LogP contribution is -2.20. The van der Waals surface area contributed by atoms with Gasteiger partial charge in [0, 0.05) is 5.69 Å². The molecule has 0 spiro atoms. The van der Waals surface area contributed by atoms with Gasteiger partial charge in [0.1, 0.15) is 17.9 Å². The van der Waals surface area contributed by atoms with Crippen LogP contribution in [0.4, 0.5) is 0 Å². The van der Waals surface area contributed by atoms with E-state index < -0.39 is 0 Å². The van der Waals surface area contributed by atoms with Crippen LogP contribution in [0.15, 0.2) is 6.07 Å². The van der Waals surface area contributed by atoms with Gasteiger partial charge in [-0.2, -0.15) is 10.2 Å². The first kappa shape index (κ1) is 11.4. The minimum Gasteiger partial charge on any atom is -0.460 e. The highest BCUT2D eigenvalue weighted by atomic mass is 16.5. The Hall–Kier alpha value is -1.63. The maximum atomic E-state index is 8.73. The molecule has 1 unspecified atom stereocenters. The first-order chi connectivity index (χ1) is 7.02. The number of rotatable bonds is 3. The number of hydrogen-bond acceptors (Lipinski definition) is 4. The molecule has 0 aromatic carbocycles. The quantitative estimate of drug-likeness (QED) is 0.758. The summed E-state index contributed by atoms with van der Waals surface area (Å²) in [4.78, 5) is 8.10. The van der Waals surface area contributed by atoms with Gasteiger partial charge in [-0.1, -0.05) is 13.8 Å². The molecule has 0 bridgehead atoms. The van der Waals surface area contributed by atoms with Crippen LogP contribution in [0.2, 0.25) is 0 Å². The van der Waals surface area contributed by atoms with E-state index in [2.05, 4.69) is 23.8 Å². The predicted octanol–water partition coefficient (Wildman–Crippen LogP) is 2.08. The van der Waals surface area contributed by atoms with Gasteiger partial charge in [-0.05, 0) is 25.8 Å². The molecule has 1 aromatic heterocycles. The summed E-state index contributed by atoms with van der Waals surface area (Å²) >= 11 is 0. The van der Waals surface area contributed by atoms with Crippen molar-refractivity contribution in [2.24, 2.45) is 5.92 Å². The van der Waals surface area contributed by atoms with Crippen molar-refractivity contribution in [3.63, 3.8) is 0 Å². The monoisotopic (exact) mass is 205 g/mol. The Balaban J connectivity index is 2.87. The van der Waals surface area contributed by atoms with Gasteiger partial charge in [-0.15, -0.1) is 0 Å². The topological polar surface area (TPSA) is 58.8 Å². The zero-order valence-electron chi connectivity index (χ0n) is 9.48.